The molecular weight excluding hydrogens is 270 g/mol. The Morgan fingerprint density at radius 1 is 1.27 bits per heavy atom. The van der Waals surface area contributed by atoms with Gasteiger partial charge in [0.05, 0.1) is 18.8 Å². The molecule has 1 aromatic heterocycles. The third kappa shape index (κ3) is 3.06. The highest BCUT2D eigenvalue weighted by Crippen LogP contribution is 2.33. The molecule has 0 bridgehead atoms. The number of H-pyrrole nitrogens is 1. The summed E-state index contributed by atoms with van der Waals surface area (Å²) < 4.78 is 0. The van der Waals surface area contributed by atoms with Gasteiger partial charge in [-0.3, -0.25) is 0 Å². The molecule has 0 fully saturated rings. The van der Waals surface area contributed by atoms with Crippen LogP contribution >= 0.6 is 0 Å². The van der Waals surface area contributed by atoms with Crippen LogP contribution in [0.3, 0.4) is 0 Å². The van der Waals surface area contributed by atoms with E-state index < -0.39 is 0 Å². The molecule has 3 nitrogen and oxygen atoms in total. The van der Waals surface area contributed by atoms with Crippen LogP contribution in [0.15, 0.2) is 18.2 Å². The smallest absolute Gasteiger partial charge is 0.127 e. The van der Waals surface area contributed by atoms with Crippen LogP contribution in [-0.2, 0) is 6.42 Å². The second-order valence-electron chi connectivity index (χ2n) is 6.80. The number of aryl methyl sites for hydroxylation is 2. The van der Waals surface area contributed by atoms with Gasteiger partial charge in [-0.1, -0.05) is 11.6 Å². The van der Waals surface area contributed by atoms with Crippen molar-refractivity contribution < 1.29 is 10.2 Å². The molecule has 1 aliphatic carbocycles. The summed E-state index contributed by atoms with van der Waals surface area (Å²) in [6.45, 7) is 11.8. The normalized spacial score (nSPS) is 18.1. The lowest BCUT2D eigenvalue weighted by atomic mass is 9.91. The minimum absolute atomic E-state index is 0.631. The predicted octanol–water partition coefficient (Wildman–Crippen LogP) is 1.34. The van der Waals surface area contributed by atoms with Crippen LogP contribution in [0.4, 0.5) is 0 Å². The Morgan fingerprint density at radius 3 is 2.86 bits per heavy atom. The Hall–Kier alpha value is -1.32. The number of aromatic amines is 1. The second-order valence-corrected chi connectivity index (χ2v) is 6.80. The number of nitrogens with one attached hydrogen (secondary N) is 2. The minimum Gasteiger partial charge on any atom is -0.353 e. The number of hydrogen-bond acceptors (Lipinski definition) is 0. The molecule has 1 aromatic carbocycles. The van der Waals surface area contributed by atoms with Crippen LogP contribution in [0.2, 0.25) is 0 Å². The number of fused-ring (bicyclic) bond motifs is 3. The molecule has 1 aliphatic rings. The molecule has 1 heterocycles. The Kier molecular flexibility index (Phi) is 4.84. The van der Waals surface area contributed by atoms with Gasteiger partial charge in [-0.15, -0.1) is 0 Å². The fourth-order valence-electron chi connectivity index (χ4n) is 3.94. The van der Waals surface area contributed by atoms with E-state index in [9.17, 15) is 0 Å². The quantitative estimate of drug-likeness (QED) is 0.720. The first-order chi connectivity index (χ1) is 10.7. The van der Waals surface area contributed by atoms with E-state index in [0.717, 1.165) is 0 Å². The van der Waals surface area contributed by atoms with Crippen molar-refractivity contribution in [3.63, 3.8) is 0 Å². The minimum atomic E-state index is 0.631. The van der Waals surface area contributed by atoms with Crippen molar-refractivity contribution in [2.24, 2.45) is 0 Å². The number of likely N-dealkylation sites (N-methyl/N-ethyl adjacent to an activating group) is 1. The van der Waals surface area contributed by atoms with Crippen molar-refractivity contribution in [1.82, 2.24) is 4.98 Å². The average molecular weight is 301 g/mol. The summed E-state index contributed by atoms with van der Waals surface area (Å²) in [5.41, 5.74) is 5.78. The molecule has 0 spiro atoms. The third-order valence-electron chi connectivity index (χ3n) is 5.36. The van der Waals surface area contributed by atoms with Gasteiger partial charge >= 0.3 is 0 Å². The van der Waals surface area contributed by atoms with Gasteiger partial charge in [0.15, 0.2) is 0 Å². The number of benzene rings is 1. The first-order valence-electron chi connectivity index (χ1n) is 9.00. The lowest BCUT2D eigenvalue weighted by molar-refractivity contribution is -0.911. The van der Waals surface area contributed by atoms with Crippen LogP contribution in [0.25, 0.3) is 10.9 Å². The highest BCUT2D eigenvalue weighted by molar-refractivity contribution is 5.85. The van der Waals surface area contributed by atoms with Crippen molar-refractivity contribution in [3.8, 4) is 0 Å². The van der Waals surface area contributed by atoms with Crippen LogP contribution in [0, 0.1) is 6.92 Å². The van der Waals surface area contributed by atoms with Crippen LogP contribution in [0.1, 0.15) is 49.6 Å². The maximum Gasteiger partial charge on any atom is 0.127 e. The van der Waals surface area contributed by atoms with Crippen molar-refractivity contribution >= 4 is 10.9 Å². The zero-order chi connectivity index (χ0) is 15.5. The molecule has 1 atom stereocenters. The van der Waals surface area contributed by atoms with Crippen molar-refractivity contribution in [1.29, 1.82) is 0 Å². The maximum absolute atomic E-state index is 3.72. The summed E-state index contributed by atoms with van der Waals surface area (Å²) in [7, 11) is 0. The topological polar surface area (TPSA) is 36.8 Å². The van der Waals surface area contributed by atoms with Crippen LogP contribution in [0.5, 0.6) is 0 Å². The van der Waals surface area contributed by atoms with E-state index in [-0.39, 0.29) is 0 Å². The monoisotopic (exact) mass is 301 g/mol. The molecule has 120 valence electrons. The predicted molar refractivity (Wildman–Crippen MR) is 92.4 cm³/mol. The van der Waals surface area contributed by atoms with Crippen molar-refractivity contribution in [3.05, 3.63) is 35.0 Å². The first kappa shape index (κ1) is 15.6. The fourth-order valence-corrected chi connectivity index (χ4v) is 3.94. The summed E-state index contributed by atoms with van der Waals surface area (Å²) in [6, 6.07) is 7.45. The van der Waals surface area contributed by atoms with Crippen LogP contribution < -0.4 is 10.2 Å². The standard InChI is InChI=1S/C19H29N3/c1-4-22(5-2)12-11-20-18-8-6-7-15-16-13-14(3)9-10-17(16)21-19(15)18/h9-10,13,18,20-21H,4-8,11-12H2,1-3H3/p+2/t18-/m0/s1. The van der Waals surface area contributed by atoms with E-state index in [1.54, 1.807) is 10.5 Å². The average Bonchev–Trinajstić information content (AvgIpc) is 2.90. The van der Waals surface area contributed by atoms with E-state index in [0.29, 0.717) is 6.04 Å². The summed E-state index contributed by atoms with van der Waals surface area (Å²) in [5, 5.41) is 4.04. The van der Waals surface area contributed by atoms with Gasteiger partial charge < -0.3 is 15.2 Å². The molecule has 3 heteroatoms. The third-order valence-corrected chi connectivity index (χ3v) is 5.36. The molecule has 4 N–H and O–H groups in total. The number of nitrogens with two attached hydrogens (primary N) is 1. The Morgan fingerprint density at radius 2 is 2.09 bits per heavy atom. The summed E-state index contributed by atoms with van der Waals surface area (Å²) in [5.74, 6) is 0. The number of quaternary nitrogens is 2. The second kappa shape index (κ2) is 6.84. The highest BCUT2D eigenvalue weighted by Gasteiger charge is 2.26. The van der Waals surface area contributed by atoms with Gasteiger partial charge in [0.1, 0.15) is 19.1 Å². The summed E-state index contributed by atoms with van der Waals surface area (Å²) >= 11 is 0. The van der Waals surface area contributed by atoms with Gasteiger partial charge in [-0.2, -0.15) is 0 Å². The molecular formula is C19H31N3+2. The molecule has 2 aromatic rings. The van der Waals surface area contributed by atoms with Gasteiger partial charge in [0.25, 0.3) is 0 Å². The SMILES string of the molecule is CC[NH+](CC)CC[NH2+][C@H]1CCCc2c1[nH]c1ccc(C)cc21. The molecule has 3 rings (SSSR count). The maximum atomic E-state index is 3.72. The first-order valence-corrected chi connectivity index (χ1v) is 9.00. The number of rotatable bonds is 6. The number of hydrogen-bond donors (Lipinski definition) is 3. The van der Waals surface area contributed by atoms with Gasteiger partial charge in [-0.25, -0.2) is 0 Å². The van der Waals surface area contributed by atoms with E-state index in [4.69, 9.17) is 0 Å². The number of aromatic nitrogens is 1. The van der Waals surface area contributed by atoms with Crippen LogP contribution in [-0.4, -0.2) is 31.2 Å². The zero-order valence-electron chi connectivity index (χ0n) is 14.3. The van der Waals surface area contributed by atoms with E-state index >= 15 is 0 Å². The van der Waals surface area contributed by atoms with Crippen molar-refractivity contribution in [2.45, 2.75) is 46.1 Å². The molecule has 0 aliphatic heterocycles. The molecule has 22 heavy (non-hydrogen) atoms. The van der Waals surface area contributed by atoms with Crippen molar-refractivity contribution in [2.75, 3.05) is 26.2 Å². The summed E-state index contributed by atoms with van der Waals surface area (Å²) in [4.78, 5) is 5.43. The Labute approximate surface area is 134 Å². The van der Waals surface area contributed by atoms with Gasteiger partial charge in [0, 0.05) is 17.3 Å². The van der Waals surface area contributed by atoms with E-state index in [1.807, 2.05) is 0 Å². The zero-order valence-corrected chi connectivity index (χ0v) is 14.3. The molecule has 0 unspecified atom stereocenters. The molecule has 0 amide bonds. The molecule has 0 radical (unpaired) electrons. The molecule has 0 saturated heterocycles. The highest BCUT2D eigenvalue weighted by atomic mass is 15.1. The largest absolute Gasteiger partial charge is 0.353 e. The fraction of sp³-hybridized carbons (Fsp3) is 0.579. The van der Waals surface area contributed by atoms with E-state index in [2.05, 4.69) is 49.3 Å². The Balaban J connectivity index is 1.75. The lowest BCUT2D eigenvalue weighted by Gasteiger charge is -2.22. The van der Waals surface area contributed by atoms with E-state index in [1.165, 1.54) is 67.6 Å². The summed E-state index contributed by atoms with van der Waals surface area (Å²) in [6.07, 6.45) is 3.88. The Bertz CT molecular complexity index is 625. The van der Waals surface area contributed by atoms with Gasteiger partial charge in [-0.05, 0) is 51.3 Å². The lowest BCUT2D eigenvalue weighted by Crippen LogP contribution is -3.14. The van der Waals surface area contributed by atoms with Gasteiger partial charge in [0.2, 0.25) is 0 Å². The molecule has 0 saturated carbocycles.